The zero-order valence-corrected chi connectivity index (χ0v) is 16.7. The van der Waals surface area contributed by atoms with Crippen molar-refractivity contribution in [2.75, 3.05) is 24.6 Å². The molecule has 4 heterocycles. The molecule has 7 nitrogen and oxygen atoms in total. The lowest BCUT2D eigenvalue weighted by atomic mass is 9.96. The van der Waals surface area contributed by atoms with Gasteiger partial charge in [-0.05, 0) is 45.1 Å². The monoisotopic (exact) mass is 390 g/mol. The van der Waals surface area contributed by atoms with E-state index in [1.807, 2.05) is 0 Å². The summed E-state index contributed by atoms with van der Waals surface area (Å²) in [6.45, 7) is 6.56. The van der Waals surface area contributed by atoms with E-state index in [4.69, 9.17) is 9.57 Å². The van der Waals surface area contributed by atoms with Gasteiger partial charge in [0.05, 0.1) is 5.39 Å². The van der Waals surface area contributed by atoms with Gasteiger partial charge < -0.3 is 9.64 Å². The highest BCUT2D eigenvalue weighted by Gasteiger charge is 2.28. The van der Waals surface area contributed by atoms with Crippen molar-refractivity contribution in [1.82, 2.24) is 15.4 Å². The first-order valence-electron chi connectivity index (χ1n) is 9.66. The summed E-state index contributed by atoms with van der Waals surface area (Å²) in [5.74, 6) is 0.916. The topological polar surface area (TPSA) is 76.6 Å². The second-order valence-electron chi connectivity index (χ2n) is 7.30. The number of aromatic nitrogens is 2. The average Bonchev–Trinajstić information content (AvgIpc) is 3.01. The van der Waals surface area contributed by atoms with E-state index in [1.54, 1.807) is 17.7 Å². The Hall–Kier alpha value is -1.77. The van der Waals surface area contributed by atoms with Gasteiger partial charge in [0.1, 0.15) is 17.0 Å². The summed E-state index contributed by atoms with van der Waals surface area (Å²) in [5, 5.41) is 1.15. The van der Waals surface area contributed by atoms with Gasteiger partial charge >= 0.3 is 0 Å². The molecular weight excluding hydrogens is 364 g/mol. The van der Waals surface area contributed by atoms with Gasteiger partial charge in [-0.25, -0.2) is 20.3 Å². The number of carbonyl (C=O) groups is 1. The number of hydrogen-bond acceptors (Lipinski definition) is 7. The molecule has 2 fully saturated rings. The van der Waals surface area contributed by atoms with Crippen LogP contribution in [0.3, 0.4) is 0 Å². The lowest BCUT2D eigenvalue weighted by Gasteiger charge is -2.32. The minimum Gasteiger partial charge on any atom is -0.356 e. The van der Waals surface area contributed by atoms with Crippen LogP contribution in [-0.2, 0) is 14.4 Å². The smallest absolute Gasteiger partial charge is 0.246 e. The summed E-state index contributed by atoms with van der Waals surface area (Å²) in [5.41, 5.74) is 3.87. The standard InChI is InChI=1S/C19H26N4O3S/c1-12-13(2)27-19-16(12)17(20-11-21-19)23-8-6-14(7-9-23)18(24)22-26-15-5-3-4-10-25-15/h11,14-15H,3-10H2,1-2H3,(H,22,24). The Bertz CT molecular complexity index is 811. The van der Waals surface area contributed by atoms with Crippen molar-refractivity contribution >= 4 is 33.3 Å². The number of hydroxylamine groups is 1. The third-order valence-electron chi connectivity index (χ3n) is 5.54. The van der Waals surface area contributed by atoms with Crippen LogP contribution in [0.1, 0.15) is 42.5 Å². The third kappa shape index (κ3) is 3.93. The minimum atomic E-state index is -0.304. The number of nitrogens with one attached hydrogen (secondary N) is 1. The molecule has 8 heteroatoms. The van der Waals surface area contributed by atoms with E-state index in [-0.39, 0.29) is 18.1 Å². The van der Waals surface area contributed by atoms with Crippen LogP contribution in [0.15, 0.2) is 6.33 Å². The van der Waals surface area contributed by atoms with Crippen molar-refractivity contribution < 1.29 is 14.4 Å². The predicted octanol–water partition coefficient (Wildman–Crippen LogP) is 3.10. The Labute approximate surface area is 163 Å². The van der Waals surface area contributed by atoms with Crippen LogP contribution in [0.5, 0.6) is 0 Å². The molecule has 0 spiro atoms. The Balaban J connectivity index is 1.35. The highest BCUT2D eigenvalue weighted by atomic mass is 32.1. The van der Waals surface area contributed by atoms with Crippen molar-refractivity contribution in [3.8, 4) is 0 Å². The zero-order chi connectivity index (χ0) is 18.8. The van der Waals surface area contributed by atoms with Crippen molar-refractivity contribution in [3.05, 3.63) is 16.8 Å². The van der Waals surface area contributed by atoms with Crippen LogP contribution in [-0.4, -0.2) is 41.9 Å². The zero-order valence-electron chi connectivity index (χ0n) is 15.9. The number of anilines is 1. The molecule has 1 unspecified atom stereocenters. The van der Waals surface area contributed by atoms with E-state index in [1.165, 1.54) is 10.4 Å². The maximum atomic E-state index is 12.4. The number of ether oxygens (including phenoxy) is 1. The predicted molar refractivity (Wildman–Crippen MR) is 105 cm³/mol. The molecule has 1 N–H and O–H groups in total. The summed E-state index contributed by atoms with van der Waals surface area (Å²) in [4.78, 5) is 31.4. The van der Waals surface area contributed by atoms with Gasteiger partial charge in [-0.2, -0.15) is 0 Å². The van der Waals surface area contributed by atoms with Gasteiger partial charge in [0.25, 0.3) is 0 Å². The maximum absolute atomic E-state index is 12.4. The van der Waals surface area contributed by atoms with Crippen molar-refractivity contribution in [1.29, 1.82) is 0 Å². The number of piperidine rings is 1. The molecule has 27 heavy (non-hydrogen) atoms. The van der Waals surface area contributed by atoms with Crippen LogP contribution in [0, 0.1) is 19.8 Å². The quantitative estimate of drug-likeness (QED) is 0.809. The molecule has 2 aromatic heterocycles. The Morgan fingerprint density at radius 3 is 2.81 bits per heavy atom. The molecule has 4 rings (SSSR count). The molecule has 2 saturated heterocycles. The molecule has 146 valence electrons. The lowest BCUT2D eigenvalue weighted by Crippen LogP contribution is -2.42. The van der Waals surface area contributed by atoms with E-state index in [0.29, 0.717) is 6.61 Å². The number of hydrogen-bond donors (Lipinski definition) is 1. The SMILES string of the molecule is Cc1sc2ncnc(N3CCC(C(=O)NOC4CCCCO4)CC3)c2c1C. The molecule has 2 aliphatic rings. The lowest BCUT2D eigenvalue weighted by molar-refractivity contribution is -0.202. The largest absolute Gasteiger partial charge is 0.356 e. The summed E-state index contributed by atoms with van der Waals surface area (Å²) < 4.78 is 5.49. The second-order valence-corrected chi connectivity index (χ2v) is 8.51. The molecule has 0 radical (unpaired) electrons. The molecular formula is C19H26N4O3S. The normalized spacial score (nSPS) is 21.6. The molecule has 0 aromatic carbocycles. The number of thiophene rings is 1. The fraction of sp³-hybridized carbons (Fsp3) is 0.632. The second kappa shape index (κ2) is 8.08. The van der Waals surface area contributed by atoms with Crippen LogP contribution >= 0.6 is 11.3 Å². The molecule has 1 atom stereocenters. The van der Waals surface area contributed by atoms with Crippen molar-refractivity contribution in [2.24, 2.45) is 5.92 Å². The van der Waals surface area contributed by atoms with Gasteiger partial charge in [-0.1, -0.05) is 0 Å². The number of carbonyl (C=O) groups excluding carboxylic acids is 1. The highest BCUT2D eigenvalue weighted by molar-refractivity contribution is 7.18. The van der Waals surface area contributed by atoms with Crippen molar-refractivity contribution in [2.45, 2.75) is 52.2 Å². The van der Waals surface area contributed by atoms with Gasteiger partial charge in [-0.3, -0.25) is 4.79 Å². The molecule has 0 bridgehead atoms. The molecule has 1 amide bonds. The summed E-state index contributed by atoms with van der Waals surface area (Å²) in [7, 11) is 0. The van der Waals surface area contributed by atoms with Crippen LogP contribution in [0.4, 0.5) is 5.82 Å². The van der Waals surface area contributed by atoms with E-state index in [9.17, 15) is 4.79 Å². The van der Waals surface area contributed by atoms with E-state index >= 15 is 0 Å². The summed E-state index contributed by atoms with van der Waals surface area (Å²) in [6, 6.07) is 0. The first kappa shape index (κ1) is 18.6. The van der Waals surface area contributed by atoms with Gasteiger partial charge in [0, 0.05) is 36.9 Å². The van der Waals surface area contributed by atoms with E-state index < -0.39 is 0 Å². The molecule has 2 aromatic rings. The van der Waals surface area contributed by atoms with Gasteiger partial charge in [-0.15, -0.1) is 11.3 Å². The third-order valence-corrected chi connectivity index (χ3v) is 6.65. The number of amides is 1. The number of fused-ring (bicyclic) bond motifs is 1. The summed E-state index contributed by atoms with van der Waals surface area (Å²) in [6.07, 6.45) is 5.88. The van der Waals surface area contributed by atoms with Crippen molar-refractivity contribution in [3.63, 3.8) is 0 Å². The fourth-order valence-electron chi connectivity index (χ4n) is 3.77. The first-order chi connectivity index (χ1) is 13.1. The molecule has 0 saturated carbocycles. The number of nitrogens with zero attached hydrogens (tertiary/aromatic N) is 3. The van der Waals surface area contributed by atoms with Crippen LogP contribution in [0.2, 0.25) is 0 Å². The number of rotatable bonds is 4. The average molecular weight is 391 g/mol. The van der Waals surface area contributed by atoms with Gasteiger partial charge in [0.2, 0.25) is 5.91 Å². The van der Waals surface area contributed by atoms with Gasteiger partial charge in [0.15, 0.2) is 6.29 Å². The van der Waals surface area contributed by atoms with Crippen LogP contribution in [0.25, 0.3) is 10.2 Å². The van der Waals surface area contributed by atoms with E-state index in [0.717, 1.165) is 61.2 Å². The minimum absolute atomic E-state index is 0.0347. The Morgan fingerprint density at radius 2 is 2.07 bits per heavy atom. The molecule has 2 aliphatic heterocycles. The van der Waals surface area contributed by atoms with E-state index in [2.05, 4.69) is 34.2 Å². The van der Waals surface area contributed by atoms with Crippen LogP contribution < -0.4 is 10.4 Å². The molecule has 0 aliphatic carbocycles. The maximum Gasteiger partial charge on any atom is 0.246 e. The number of aryl methyl sites for hydroxylation is 2. The highest BCUT2D eigenvalue weighted by Crippen LogP contribution is 2.35. The summed E-state index contributed by atoms with van der Waals surface area (Å²) >= 11 is 1.71. The first-order valence-corrected chi connectivity index (χ1v) is 10.5. The Morgan fingerprint density at radius 1 is 1.26 bits per heavy atom. The fourth-order valence-corrected chi connectivity index (χ4v) is 4.76. The Kier molecular flexibility index (Phi) is 5.56.